The normalized spacial score (nSPS) is 10.1. The summed E-state index contributed by atoms with van der Waals surface area (Å²) in [6.07, 6.45) is 0.449. The molecule has 1 aromatic rings. The minimum atomic E-state index is -0.496. The first kappa shape index (κ1) is 10.6. The summed E-state index contributed by atoms with van der Waals surface area (Å²) in [6.45, 7) is 0.588. The van der Waals surface area contributed by atoms with Crippen LogP contribution in [0.4, 0.5) is 10.1 Å². The highest BCUT2D eigenvalue weighted by atomic mass is 19.1. The Morgan fingerprint density at radius 2 is 2.29 bits per heavy atom. The van der Waals surface area contributed by atoms with Crippen LogP contribution in [-0.4, -0.2) is 18.5 Å². The maximum atomic E-state index is 12.8. The van der Waals surface area contributed by atoms with Crippen LogP contribution in [0.25, 0.3) is 0 Å². The second-order valence-electron chi connectivity index (χ2n) is 2.88. The summed E-state index contributed by atoms with van der Waals surface area (Å²) in [5.41, 5.74) is 0.394. The fraction of sp³-hybridized carbons (Fsp3) is 0.333. The van der Waals surface area contributed by atoms with E-state index < -0.39 is 10.7 Å². The van der Waals surface area contributed by atoms with Gasteiger partial charge < -0.3 is 5.32 Å². The molecule has 0 aliphatic heterocycles. The molecular formula is C9H11FN2O2. The van der Waals surface area contributed by atoms with E-state index >= 15 is 0 Å². The van der Waals surface area contributed by atoms with Crippen molar-refractivity contribution in [2.45, 2.75) is 6.42 Å². The zero-order valence-corrected chi connectivity index (χ0v) is 7.79. The minimum absolute atomic E-state index is 0.0262. The number of nitrogens with zero attached hydrogens (tertiary/aromatic N) is 1. The lowest BCUT2D eigenvalue weighted by molar-refractivity contribution is -0.385. The van der Waals surface area contributed by atoms with Crippen molar-refractivity contribution in [1.82, 2.24) is 5.32 Å². The second kappa shape index (κ2) is 4.66. The van der Waals surface area contributed by atoms with Crippen LogP contribution in [0.5, 0.6) is 0 Å². The summed E-state index contributed by atoms with van der Waals surface area (Å²) in [6, 6.07) is 3.50. The van der Waals surface area contributed by atoms with Gasteiger partial charge >= 0.3 is 0 Å². The lowest BCUT2D eigenvalue weighted by Crippen LogP contribution is -2.11. The van der Waals surface area contributed by atoms with Gasteiger partial charge in [-0.25, -0.2) is 4.39 Å². The molecule has 0 fully saturated rings. The van der Waals surface area contributed by atoms with Crippen LogP contribution in [0.1, 0.15) is 5.56 Å². The molecule has 0 heterocycles. The molecule has 0 unspecified atom stereocenters. The molecule has 0 bridgehead atoms. The van der Waals surface area contributed by atoms with Gasteiger partial charge in [-0.15, -0.1) is 0 Å². The van der Waals surface area contributed by atoms with Gasteiger partial charge in [0.2, 0.25) is 0 Å². The lowest BCUT2D eigenvalue weighted by Gasteiger charge is -2.02. The van der Waals surface area contributed by atoms with Crippen molar-refractivity contribution in [3.05, 3.63) is 39.7 Å². The summed E-state index contributed by atoms with van der Waals surface area (Å²) in [5, 5.41) is 13.4. The van der Waals surface area contributed by atoms with Gasteiger partial charge in [-0.05, 0) is 32.1 Å². The molecule has 1 N–H and O–H groups in total. The molecule has 0 aromatic heterocycles. The molecule has 0 amide bonds. The summed E-state index contributed by atoms with van der Waals surface area (Å²) >= 11 is 0. The molecule has 4 nitrogen and oxygen atoms in total. The Balaban J connectivity index is 2.97. The number of nitrogens with one attached hydrogen (secondary N) is 1. The zero-order valence-electron chi connectivity index (χ0n) is 7.79. The Hall–Kier alpha value is -1.49. The van der Waals surface area contributed by atoms with E-state index in [-0.39, 0.29) is 5.69 Å². The SMILES string of the molecule is CNCCc1cc(F)ccc1[N+](=O)[O-]. The number of halogens is 1. The van der Waals surface area contributed by atoms with Crippen LogP contribution >= 0.6 is 0 Å². The smallest absolute Gasteiger partial charge is 0.272 e. The molecule has 0 radical (unpaired) electrons. The van der Waals surface area contributed by atoms with E-state index in [1.807, 2.05) is 0 Å². The Kier molecular flexibility index (Phi) is 3.53. The van der Waals surface area contributed by atoms with E-state index in [0.717, 1.165) is 6.07 Å². The summed E-state index contributed by atoms with van der Waals surface area (Å²) < 4.78 is 12.8. The minimum Gasteiger partial charge on any atom is -0.319 e. The molecule has 1 rings (SSSR count). The highest BCUT2D eigenvalue weighted by molar-refractivity contribution is 5.40. The Morgan fingerprint density at radius 1 is 1.57 bits per heavy atom. The van der Waals surface area contributed by atoms with Gasteiger partial charge in [-0.2, -0.15) is 0 Å². The average molecular weight is 198 g/mol. The van der Waals surface area contributed by atoms with Crippen molar-refractivity contribution in [2.75, 3.05) is 13.6 Å². The second-order valence-corrected chi connectivity index (χ2v) is 2.88. The van der Waals surface area contributed by atoms with Crippen molar-refractivity contribution < 1.29 is 9.31 Å². The van der Waals surface area contributed by atoms with E-state index in [1.54, 1.807) is 7.05 Å². The zero-order chi connectivity index (χ0) is 10.6. The molecular weight excluding hydrogens is 187 g/mol. The van der Waals surface area contributed by atoms with Gasteiger partial charge in [-0.3, -0.25) is 10.1 Å². The highest BCUT2D eigenvalue weighted by Gasteiger charge is 2.13. The number of hydrogen-bond acceptors (Lipinski definition) is 3. The van der Waals surface area contributed by atoms with Gasteiger partial charge in [0.1, 0.15) is 5.82 Å². The van der Waals surface area contributed by atoms with Crippen LogP contribution in [-0.2, 0) is 6.42 Å². The topological polar surface area (TPSA) is 55.2 Å². The monoisotopic (exact) mass is 198 g/mol. The number of rotatable bonds is 4. The molecule has 0 aliphatic carbocycles. The molecule has 0 atom stereocenters. The van der Waals surface area contributed by atoms with Crippen molar-refractivity contribution >= 4 is 5.69 Å². The van der Waals surface area contributed by atoms with Crippen LogP contribution in [0.3, 0.4) is 0 Å². The van der Waals surface area contributed by atoms with E-state index in [0.29, 0.717) is 18.5 Å². The molecule has 0 aliphatic rings. The fourth-order valence-corrected chi connectivity index (χ4v) is 1.19. The highest BCUT2D eigenvalue weighted by Crippen LogP contribution is 2.19. The number of hydrogen-bond donors (Lipinski definition) is 1. The Bertz CT molecular complexity index is 342. The lowest BCUT2D eigenvalue weighted by atomic mass is 10.1. The quantitative estimate of drug-likeness (QED) is 0.589. The van der Waals surface area contributed by atoms with E-state index in [1.165, 1.54) is 12.1 Å². The van der Waals surface area contributed by atoms with Crippen molar-refractivity contribution in [2.24, 2.45) is 0 Å². The third kappa shape index (κ3) is 2.50. The van der Waals surface area contributed by atoms with Crippen LogP contribution < -0.4 is 5.32 Å². The predicted octanol–water partition coefficient (Wildman–Crippen LogP) is 1.50. The maximum absolute atomic E-state index is 12.8. The van der Waals surface area contributed by atoms with Gasteiger partial charge in [0.25, 0.3) is 5.69 Å². The third-order valence-corrected chi connectivity index (χ3v) is 1.88. The Labute approximate surface area is 80.9 Å². The molecule has 1 aromatic carbocycles. The third-order valence-electron chi connectivity index (χ3n) is 1.88. The molecule has 0 saturated heterocycles. The van der Waals surface area contributed by atoms with E-state index in [9.17, 15) is 14.5 Å². The predicted molar refractivity (Wildman–Crippen MR) is 50.7 cm³/mol. The van der Waals surface area contributed by atoms with Gasteiger partial charge in [0, 0.05) is 11.6 Å². The van der Waals surface area contributed by atoms with Crippen LogP contribution in [0, 0.1) is 15.9 Å². The van der Waals surface area contributed by atoms with Crippen LogP contribution in [0.15, 0.2) is 18.2 Å². The summed E-state index contributed by atoms with van der Waals surface area (Å²) in [4.78, 5) is 10.1. The first-order chi connectivity index (χ1) is 6.65. The molecule has 0 spiro atoms. The average Bonchev–Trinajstić information content (AvgIpc) is 2.14. The molecule has 76 valence electrons. The number of nitro benzene ring substituents is 1. The molecule has 14 heavy (non-hydrogen) atoms. The van der Waals surface area contributed by atoms with Crippen molar-refractivity contribution in [1.29, 1.82) is 0 Å². The fourth-order valence-electron chi connectivity index (χ4n) is 1.19. The van der Waals surface area contributed by atoms with Crippen molar-refractivity contribution in [3.8, 4) is 0 Å². The number of benzene rings is 1. The molecule has 5 heteroatoms. The van der Waals surface area contributed by atoms with Crippen molar-refractivity contribution in [3.63, 3.8) is 0 Å². The van der Waals surface area contributed by atoms with Gasteiger partial charge in [0.05, 0.1) is 4.92 Å². The van der Waals surface area contributed by atoms with E-state index in [4.69, 9.17) is 0 Å². The first-order valence-corrected chi connectivity index (χ1v) is 4.22. The Morgan fingerprint density at radius 3 is 2.86 bits per heavy atom. The maximum Gasteiger partial charge on any atom is 0.272 e. The van der Waals surface area contributed by atoms with Gasteiger partial charge in [0.15, 0.2) is 0 Å². The largest absolute Gasteiger partial charge is 0.319 e. The first-order valence-electron chi connectivity index (χ1n) is 4.22. The van der Waals surface area contributed by atoms with Gasteiger partial charge in [-0.1, -0.05) is 0 Å². The number of nitro groups is 1. The standard InChI is InChI=1S/C9H11FN2O2/c1-11-5-4-7-6-8(10)2-3-9(7)12(13)14/h2-3,6,11H,4-5H2,1H3. The van der Waals surface area contributed by atoms with Crippen LogP contribution in [0.2, 0.25) is 0 Å². The summed E-state index contributed by atoms with van der Waals surface area (Å²) in [7, 11) is 1.74. The van der Waals surface area contributed by atoms with E-state index in [2.05, 4.69) is 5.32 Å². The summed E-state index contributed by atoms with van der Waals surface area (Å²) in [5.74, 6) is -0.443. The molecule has 0 saturated carbocycles. The number of likely N-dealkylation sites (N-methyl/N-ethyl adjacent to an activating group) is 1.